The van der Waals surface area contributed by atoms with Crippen LogP contribution in [-0.4, -0.2) is 62.5 Å². The van der Waals surface area contributed by atoms with Gasteiger partial charge in [0.1, 0.15) is 0 Å². The third kappa shape index (κ3) is 3.86. The quantitative estimate of drug-likeness (QED) is 0.523. The van der Waals surface area contributed by atoms with E-state index in [0.717, 1.165) is 0 Å². The van der Waals surface area contributed by atoms with Crippen molar-refractivity contribution < 1.29 is 25.1 Å². The monoisotopic (exact) mass is 309 g/mol. The van der Waals surface area contributed by atoms with Crippen molar-refractivity contribution >= 4 is 18.5 Å². The highest BCUT2D eigenvalue weighted by atomic mass is 16.4. The summed E-state index contributed by atoms with van der Waals surface area (Å²) < 4.78 is 0. The Morgan fingerprint density at radius 1 is 1.14 bits per heavy atom. The molecule has 1 amide bonds. The molecule has 7 heteroatoms. The summed E-state index contributed by atoms with van der Waals surface area (Å²) in [5.41, 5.74) is -1.44. The van der Waals surface area contributed by atoms with Gasteiger partial charge in [-0.1, -0.05) is 12.1 Å². The number of aliphatic hydroxyl groups excluding tert-OH is 1. The second-order valence-corrected chi connectivity index (χ2v) is 6.29. The maximum absolute atomic E-state index is 12.7. The smallest absolute Gasteiger partial charge is 0.423 e. The number of amides is 1. The predicted octanol–water partition coefficient (Wildman–Crippen LogP) is -0.650. The normalized spacial score (nSPS) is 12.2. The first-order valence-electron chi connectivity index (χ1n) is 7.13. The molecule has 1 rings (SSSR count). The summed E-state index contributed by atoms with van der Waals surface area (Å²) in [6.45, 7) is 6.53. The van der Waals surface area contributed by atoms with Crippen LogP contribution in [0.15, 0.2) is 24.3 Å². The van der Waals surface area contributed by atoms with E-state index in [1.54, 1.807) is 27.7 Å². The first-order valence-corrected chi connectivity index (χ1v) is 7.13. The van der Waals surface area contributed by atoms with Gasteiger partial charge in [0.2, 0.25) is 0 Å². The Hall–Kier alpha value is -1.41. The van der Waals surface area contributed by atoms with Gasteiger partial charge in [-0.15, -0.1) is 0 Å². The highest BCUT2D eigenvalue weighted by molar-refractivity contribution is 6.58. The Kier molecular flexibility index (Phi) is 5.75. The van der Waals surface area contributed by atoms with Crippen molar-refractivity contribution in [2.75, 3.05) is 13.2 Å². The van der Waals surface area contributed by atoms with Gasteiger partial charge in [0.05, 0.1) is 17.7 Å². The first-order chi connectivity index (χ1) is 10.0. The number of β-amino-alcohol motifs (C(OH)–C–C–N with tert-alkyl or cyclic N) is 1. The zero-order valence-electron chi connectivity index (χ0n) is 13.4. The highest BCUT2D eigenvalue weighted by Gasteiger charge is 2.42. The van der Waals surface area contributed by atoms with Crippen LogP contribution in [0.2, 0.25) is 0 Å². The van der Waals surface area contributed by atoms with Gasteiger partial charge in [0.15, 0.2) is 0 Å². The van der Waals surface area contributed by atoms with Gasteiger partial charge >= 0.3 is 7.12 Å². The van der Waals surface area contributed by atoms with E-state index in [4.69, 9.17) is 10.0 Å². The van der Waals surface area contributed by atoms with E-state index in [9.17, 15) is 15.0 Å². The summed E-state index contributed by atoms with van der Waals surface area (Å²) in [7, 11) is -1.59. The molecule has 0 aliphatic heterocycles. The molecule has 0 saturated carbocycles. The van der Waals surface area contributed by atoms with Gasteiger partial charge in [-0.2, -0.15) is 0 Å². The molecule has 6 nitrogen and oxygen atoms in total. The van der Waals surface area contributed by atoms with E-state index in [1.807, 2.05) is 0 Å². The lowest BCUT2D eigenvalue weighted by atomic mass is 9.80. The fourth-order valence-electron chi connectivity index (χ4n) is 2.02. The van der Waals surface area contributed by atoms with E-state index < -0.39 is 18.3 Å². The lowest BCUT2D eigenvalue weighted by Gasteiger charge is -2.46. The van der Waals surface area contributed by atoms with E-state index in [-0.39, 0.29) is 24.5 Å². The molecule has 0 saturated heterocycles. The van der Waals surface area contributed by atoms with Crippen LogP contribution in [0, 0.1) is 0 Å². The number of carbonyl (C=O) groups is 1. The minimum atomic E-state index is -1.59. The number of carbonyl (C=O) groups excluding carboxylic acids is 1. The van der Waals surface area contributed by atoms with Crippen LogP contribution in [0.25, 0.3) is 0 Å². The maximum Gasteiger partial charge on any atom is 0.488 e. The van der Waals surface area contributed by atoms with E-state index in [0.29, 0.717) is 5.56 Å². The summed E-state index contributed by atoms with van der Waals surface area (Å²) in [6, 6.07) is 5.88. The van der Waals surface area contributed by atoms with Crippen LogP contribution in [0.5, 0.6) is 0 Å². The fourth-order valence-corrected chi connectivity index (χ4v) is 2.02. The van der Waals surface area contributed by atoms with Gasteiger partial charge in [-0.25, -0.2) is 0 Å². The highest BCUT2D eigenvalue weighted by Crippen LogP contribution is 2.29. The maximum atomic E-state index is 12.7. The molecule has 0 heterocycles. The molecular formula is C15H24BNO5. The number of benzene rings is 1. The number of rotatable bonds is 6. The molecule has 4 N–H and O–H groups in total. The topological polar surface area (TPSA) is 101 Å². The zero-order chi connectivity index (χ0) is 17.1. The number of nitrogens with zero attached hydrogens (tertiary/aromatic N) is 1. The van der Waals surface area contributed by atoms with Crippen LogP contribution in [0.1, 0.15) is 38.1 Å². The van der Waals surface area contributed by atoms with Crippen molar-refractivity contribution in [1.82, 2.24) is 4.90 Å². The first kappa shape index (κ1) is 18.6. The second kappa shape index (κ2) is 6.79. The molecule has 0 unspecified atom stereocenters. The Morgan fingerprint density at radius 2 is 1.64 bits per heavy atom. The lowest BCUT2D eigenvalue weighted by Crippen LogP contribution is -2.60. The van der Waals surface area contributed by atoms with Gasteiger partial charge in [-0.3, -0.25) is 4.79 Å². The molecule has 122 valence electrons. The van der Waals surface area contributed by atoms with Crippen molar-refractivity contribution in [2.24, 2.45) is 0 Å². The molecular weight excluding hydrogens is 285 g/mol. The molecule has 22 heavy (non-hydrogen) atoms. The molecule has 0 aromatic heterocycles. The van der Waals surface area contributed by atoms with Gasteiger partial charge in [-0.05, 0) is 45.3 Å². The molecule has 0 bridgehead atoms. The number of hydrogen-bond donors (Lipinski definition) is 4. The van der Waals surface area contributed by atoms with Crippen LogP contribution < -0.4 is 5.46 Å². The summed E-state index contributed by atoms with van der Waals surface area (Å²) in [5.74, 6) is -0.347. The van der Waals surface area contributed by atoms with Gasteiger partial charge in [0, 0.05) is 12.1 Å². The molecule has 0 spiro atoms. The predicted molar refractivity (Wildman–Crippen MR) is 84.8 cm³/mol. The van der Waals surface area contributed by atoms with Crippen LogP contribution in [-0.2, 0) is 0 Å². The lowest BCUT2D eigenvalue weighted by molar-refractivity contribution is -0.0631. The van der Waals surface area contributed by atoms with Crippen molar-refractivity contribution in [3.05, 3.63) is 29.8 Å². The molecule has 0 atom stereocenters. The Labute approximate surface area is 131 Å². The average molecular weight is 309 g/mol. The summed E-state index contributed by atoms with van der Waals surface area (Å²) in [5, 5.41) is 37.7. The van der Waals surface area contributed by atoms with Crippen LogP contribution in [0.3, 0.4) is 0 Å². The fraction of sp³-hybridized carbons (Fsp3) is 0.533. The van der Waals surface area contributed by atoms with Crippen molar-refractivity contribution in [2.45, 2.75) is 38.8 Å². The van der Waals surface area contributed by atoms with Gasteiger partial charge in [0.25, 0.3) is 5.91 Å². The zero-order valence-corrected chi connectivity index (χ0v) is 13.4. The largest absolute Gasteiger partial charge is 0.488 e. The Balaban J connectivity index is 3.13. The molecule has 0 aliphatic carbocycles. The van der Waals surface area contributed by atoms with Crippen molar-refractivity contribution in [3.63, 3.8) is 0 Å². The minimum absolute atomic E-state index is 0.0835. The third-order valence-corrected chi connectivity index (χ3v) is 4.20. The number of hydrogen-bond acceptors (Lipinski definition) is 5. The number of aliphatic hydroxyl groups is 2. The molecule has 0 aliphatic rings. The third-order valence-electron chi connectivity index (χ3n) is 4.20. The SMILES string of the molecule is CC(C)(O)C(C)(C)N(CCO)C(=O)c1ccc(B(O)O)cc1. The molecule has 1 aromatic carbocycles. The second-order valence-electron chi connectivity index (χ2n) is 6.29. The Bertz CT molecular complexity index is 508. The molecule has 0 radical (unpaired) electrons. The van der Waals surface area contributed by atoms with Crippen LogP contribution in [0.4, 0.5) is 0 Å². The van der Waals surface area contributed by atoms with Crippen molar-refractivity contribution in [1.29, 1.82) is 0 Å². The van der Waals surface area contributed by atoms with Crippen LogP contribution >= 0.6 is 0 Å². The van der Waals surface area contributed by atoms with E-state index in [1.165, 1.54) is 29.2 Å². The van der Waals surface area contributed by atoms with Crippen molar-refractivity contribution in [3.8, 4) is 0 Å². The molecule has 0 fully saturated rings. The summed E-state index contributed by atoms with van der Waals surface area (Å²) >= 11 is 0. The van der Waals surface area contributed by atoms with E-state index >= 15 is 0 Å². The van der Waals surface area contributed by atoms with Gasteiger partial charge < -0.3 is 25.2 Å². The summed E-state index contributed by atoms with van der Waals surface area (Å²) in [6.07, 6.45) is 0. The minimum Gasteiger partial charge on any atom is -0.423 e. The van der Waals surface area contributed by atoms with E-state index in [2.05, 4.69) is 0 Å². The average Bonchev–Trinajstić information content (AvgIpc) is 2.42. The standard InChI is InChI=1S/C15H24BNO5/c1-14(2,15(3,4)20)17(9-10-18)13(19)11-5-7-12(8-6-11)16(21)22/h5-8,18,20-22H,9-10H2,1-4H3. The summed E-state index contributed by atoms with van der Waals surface area (Å²) in [4.78, 5) is 14.1. The molecule has 1 aromatic rings. The Morgan fingerprint density at radius 3 is 2.00 bits per heavy atom.